The molecule has 2 unspecified atom stereocenters. The molecule has 0 aromatic carbocycles. The van der Waals surface area contributed by atoms with Crippen LogP contribution in [-0.4, -0.2) is 70.7 Å². The molecule has 6 atom stereocenters. The van der Waals surface area contributed by atoms with Crippen LogP contribution in [0.4, 0.5) is 0 Å². The third kappa shape index (κ3) is 4.29. The summed E-state index contributed by atoms with van der Waals surface area (Å²) < 4.78 is 6.46. The quantitative estimate of drug-likeness (QED) is 0.483. The van der Waals surface area contributed by atoms with Crippen molar-refractivity contribution in [2.24, 2.45) is 17.8 Å². The Bertz CT molecular complexity index is 752. The number of hydrogen-bond donors (Lipinski definition) is 3. The van der Waals surface area contributed by atoms with Gasteiger partial charge >= 0.3 is 0 Å². The van der Waals surface area contributed by atoms with Crippen LogP contribution in [0, 0.1) is 17.8 Å². The van der Waals surface area contributed by atoms with E-state index in [4.69, 9.17) is 4.74 Å². The van der Waals surface area contributed by atoms with Gasteiger partial charge in [-0.25, -0.2) is 0 Å². The van der Waals surface area contributed by atoms with Gasteiger partial charge in [0, 0.05) is 12.6 Å². The summed E-state index contributed by atoms with van der Waals surface area (Å²) in [4.78, 5) is 42.4. The topological polar surface area (TPSA) is 108 Å². The summed E-state index contributed by atoms with van der Waals surface area (Å²) in [6, 6.07) is -1.16. The van der Waals surface area contributed by atoms with E-state index in [1.54, 1.807) is 4.90 Å². The molecule has 0 aromatic heterocycles. The van der Waals surface area contributed by atoms with E-state index in [0.717, 1.165) is 32.1 Å². The minimum absolute atomic E-state index is 0.110. The van der Waals surface area contributed by atoms with E-state index in [-0.39, 0.29) is 42.4 Å². The van der Waals surface area contributed by atoms with E-state index >= 15 is 0 Å². The third-order valence-corrected chi connectivity index (χ3v) is 8.14. The lowest BCUT2D eigenvalue weighted by Crippen LogP contribution is -2.59. The predicted octanol–water partition coefficient (Wildman–Crippen LogP) is 1.74. The van der Waals surface area contributed by atoms with E-state index < -0.39 is 29.5 Å². The number of carbonyl (C=O) groups excluding carboxylic acids is 3. The number of aliphatic hydroxyl groups is 1. The van der Waals surface area contributed by atoms with Gasteiger partial charge < -0.3 is 25.4 Å². The Kier molecular flexibility index (Phi) is 7.34. The number of likely N-dealkylation sites (tertiary alicyclic amines) is 1. The Labute approximate surface area is 197 Å². The number of hydrogen-bond acceptors (Lipinski definition) is 5. The number of ether oxygens (including phenoxy) is 1. The van der Waals surface area contributed by atoms with Crippen molar-refractivity contribution >= 4 is 17.7 Å². The minimum atomic E-state index is -0.987. The van der Waals surface area contributed by atoms with Crippen molar-refractivity contribution in [1.82, 2.24) is 15.5 Å². The van der Waals surface area contributed by atoms with Gasteiger partial charge in [0.1, 0.15) is 11.6 Å². The Hall–Kier alpha value is -1.67. The Morgan fingerprint density at radius 3 is 2.55 bits per heavy atom. The van der Waals surface area contributed by atoms with E-state index in [0.29, 0.717) is 25.8 Å². The van der Waals surface area contributed by atoms with Crippen LogP contribution in [0.1, 0.15) is 78.6 Å². The molecule has 1 saturated carbocycles. The molecule has 3 heterocycles. The molecular weight excluding hydrogens is 422 g/mol. The van der Waals surface area contributed by atoms with Crippen LogP contribution >= 0.6 is 0 Å². The number of aliphatic hydroxyl groups excluding tert-OH is 1. The molecule has 1 aliphatic carbocycles. The van der Waals surface area contributed by atoms with Gasteiger partial charge in [-0.05, 0) is 44.4 Å². The molecule has 4 aliphatic rings. The monoisotopic (exact) mass is 463 g/mol. The van der Waals surface area contributed by atoms with E-state index in [1.165, 1.54) is 6.42 Å². The normalized spacial score (nSPS) is 34.6. The van der Waals surface area contributed by atoms with Crippen molar-refractivity contribution in [1.29, 1.82) is 0 Å². The van der Waals surface area contributed by atoms with Crippen molar-refractivity contribution in [3.05, 3.63) is 0 Å². The fourth-order valence-corrected chi connectivity index (χ4v) is 6.80. The minimum Gasteiger partial charge on any atom is -0.394 e. The SMILES string of the molecule is CCCNC(=O)[C@@H]1[C@H]2C(=O)N([C@@H](CO)CC(C)C)C(C(=O)NC3CCCCC3)C23CC[C@H]1O3. The van der Waals surface area contributed by atoms with E-state index in [2.05, 4.69) is 10.6 Å². The van der Waals surface area contributed by atoms with Crippen molar-refractivity contribution in [3.63, 3.8) is 0 Å². The lowest BCUT2D eigenvalue weighted by Gasteiger charge is -2.38. The highest BCUT2D eigenvalue weighted by molar-refractivity contribution is 5.99. The molecule has 8 heteroatoms. The lowest BCUT2D eigenvalue weighted by molar-refractivity contribution is -0.146. The number of rotatable bonds is 9. The summed E-state index contributed by atoms with van der Waals surface area (Å²) in [7, 11) is 0. The molecule has 2 bridgehead atoms. The van der Waals surface area contributed by atoms with Crippen LogP contribution in [0.3, 0.4) is 0 Å². The van der Waals surface area contributed by atoms with Crippen molar-refractivity contribution in [2.45, 2.75) is 108 Å². The lowest BCUT2D eigenvalue weighted by atomic mass is 9.70. The van der Waals surface area contributed by atoms with Crippen LogP contribution in [0.15, 0.2) is 0 Å². The van der Waals surface area contributed by atoms with E-state index in [9.17, 15) is 19.5 Å². The van der Waals surface area contributed by atoms with Crippen LogP contribution < -0.4 is 10.6 Å². The number of carbonyl (C=O) groups is 3. The van der Waals surface area contributed by atoms with Gasteiger partial charge in [0.25, 0.3) is 0 Å². The highest BCUT2D eigenvalue weighted by atomic mass is 16.5. The van der Waals surface area contributed by atoms with Gasteiger partial charge in [0.2, 0.25) is 17.7 Å². The molecule has 186 valence electrons. The second-order valence-electron chi connectivity index (χ2n) is 10.9. The fourth-order valence-electron chi connectivity index (χ4n) is 6.80. The molecule has 3 N–H and O–H groups in total. The van der Waals surface area contributed by atoms with Crippen LogP contribution in [0.2, 0.25) is 0 Å². The van der Waals surface area contributed by atoms with Crippen LogP contribution in [-0.2, 0) is 19.1 Å². The molecule has 3 amide bonds. The van der Waals surface area contributed by atoms with Gasteiger partial charge in [0.05, 0.1) is 30.6 Å². The zero-order valence-electron chi connectivity index (χ0n) is 20.3. The smallest absolute Gasteiger partial charge is 0.246 e. The first-order valence-electron chi connectivity index (χ1n) is 13.0. The van der Waals surface area contributed by atoms with Crippen molar-refractivity contribution < 1.29 is 24.2 Å². The van der Waals surface area contributed by atoms with Crippen molar-refractivity contribution in [3.8, 4) is 0 Å². The number of fused-ring (bicyclic) bond motifs is 1. The first-order valence-corrected chi connectivity index (χ1v) is 13.0. The van der Waals surface area contributed by atoms with E-state index in [1.807, 2.05) is 20.8 Å². The summed E-state index contributed by atoms with van der Waals surface area (Å²) in [5.41, 5.74) is -0.987. The first kappa shape index (κ1) is 24.5. The number of amides is 3. The zero-order chi connectivity index (χ0) is 23.8. The standard InChI is InChI=1S/C25H41N3O5/c1-4-12-26-22(30)19-18-10-11-25(33-18)20(19)24(32)28(17(14-29)13-15(2)3)21(25)23(31)27-16-8-6-5-7-9-16/h15-21,29H,4-14H2,1-3H3,(H,26,30)(H,27,31)/t17-,18-,19+,20+,21?,25?/m1/s1. The molecule has 3 saturated heterocycles. The molecule has 0 aromatic rings. The second kappa shape index (κ2) is 9.90. The fraction of sp³-hybridized carbons (Fsp3) is 0.880. The summed E-state index contributed by atoms with van der Waals surface area (Å²) in [5.74, 6) is -1.55. The highest BCUT2D eigenvalue weighted by Crippen LogP contribution is 2.59. The van der Waals surface area contributed by atoms with Gasteiger partial charge in [-0.3, -0.25) is 14.4 Å². The molecule has 4 fully saturated rings. The van der Waals surface area contributed by atoms with Gasteiger partial charge in [-0.15, -0.1) is 0 Å². The summed E-state index contributed by atoms with van der Waals surface area (Å²) in [5, 5.41) is 16.4. The molecule has 4 rings (SSSR count). The summed E-state index contributed by atoms with van der Waals surface area (Å²) >= 11 is 0. The zero-order valence-corrected chi connectivity index (χ0v) is 20.3. The van der Waals surface area contributed by atoms with Crippen LogP contribution in [0.5, 0.6) is 0 Å². The van der Waals surface area contributed by atoms with Gasteiger partial charge in [-0.1, -0.05) is 40.0 Å². The highest BCUT2D eigenvalue weighted by Gasteiger charge is 2.75. The van der Waals surface area contributed by atoms with Crippen LogP contribution in [0.25, 0.3) is 0 Å². The largest absolute Gasteiger partial charge is 0.394 e. The maximum absolute atomic E-state index is 13.9. The molecular formula is C25H41N3O5. The average molecular weight is 464 g/mol. The average Bonchev–Trinajstić information content (AvgIpc) is 3.43. The maximum atomic E-state index is 13.9. The summed E-state index contributed by atoms with van der Waals surface area (Å²) in [6.07, 6.45) is 7.60. The Morgan fingerprint density at radius 2 is 1.91 bits per heavy atom. The van der Waals surface area contributed by atoms with Gasteiger partial charge in [0.15, 0.2) is 0 Å². The molecule has 33 heavy (non-hydrogen) atoms. The first-order chi connectivity index (χ1) is 15.8. The van der Waals surface area contributed by atoms with Crippen molar-refractivity contribution in [2.75, 3.05) is 13.2 Å². The summed E-state index contributed by atoms with van der Waals surface area (Å²) in [6.45, 7) is 6.42. The number of nitrogens with zero attached hydrogens (tertiary/aromatic N) is 1. The predicted molar refractivity (Wildman–Crippen MR) is 123 cm³/mol. The van der Waals surface area contributed by atoms with Gasteiger partial charge in [-0.2, -0.15) is 0 Å². The molecule has 0 radical (unpaired) electrons. The maximum Gasteiger partial charge on any atom is 0.246 e. The number of nitrogens with one attached hydrogen (secondary N) is 2. The molecule has 8 nitrogen and oxygen atoms in total. The molecule has 1 spiro atoms. The molecule has 3 aliphatic heterocycles. The second-order valence-corrected chi connectivity index (χ2v) is 10.9. The third-order valence-electron chi connectivity index (χ3n) is 8.14. The Balaban J connectivity index is 1.67. The Morgan fingerprint density at radius 1 is 1.18 bits per heavy atom.